The van der Waals surface area contributed by atoms with Gasteiger partial charge in [0.05, 0.1) is 10.6 Å². The summed E-state index contributed by atoms with van der Waals surface area (Å²) < 4.78 is 37.1. The Morgan fingerprint density at radius 2 is 2.08 bits per heavy atom. The van der Waals surface area contributed by atoms with Crippen molar-refractivity contribution in [2.45, 2.75) is 24.7 Å². The van der Waals surface area contributed by atoms with Crippen LogP contribution in [0, 0.1) is 12.7 Å². The number of aromatic nitrogens is 1. The molecule has 0 saturated heterocycles. The van der Waals surface area contributed by atoms with Crippen molar-refractivity contribution in [3.8, 4) is 10.4 Å². The van der Waals surface area contributed by atoms with Crippen LogP contribution in [0.1, 0.15) is 18.5 Å². The summed E-state index contributed by atoms with van der Waals surface area (Å²) in [7, 11) is -3.63. The number of benzene rings is 1. The lowest BCUT2D eigenvalue weighted by molar-refractivity contribution is 0.250. The summed E-state index contributed by atoms with van der Waals surface area (Å²) >= 11 is 1.17. The fourth-order valence-electron chi connectivity index (χ4n) is 2.24. The summed E-state index contributed by atoms with van der Waals surface area (Å²) in [6, 6.07) is 3.47. The molecule has 3 N–H and O–H groups in total. The molecular formula is C16H20FN3O4S2. The Labute approximate surface area is 155 Å². The highest BCUT2D eigenvalue weighted by Crippen LogP contribution is 2.34. The zero-order valence-corrected chi connectivity index (χ0v) is 16.0. The number of urea groups is 1. The van der Waals surface area contributed by atoms with Gasteiger partial charge < -0.3 is 10.4 Å². The van der Waals surface area contributed by atoms with Crippen LogP contribution >= 0.6 is 11.3 Å². The third-order valence-electron chi connectivity index (χ3n) is 3.48. The maximum atomic E-state index is 14.1. The number of nitrogens with one attached hydrogen (secondary N) is 2. The molecule has 142 valence electrons. The van der Waals surface area contributed by atoms with E-state index in [9.17, 15) is 17.6 Å². The summed E-state index contributed by atoms with van der Waals surface area (Å²) in [5, 5.41) is 14.3. The molecule has 10 heteroatoms. The second kappa shape index (κ2) is 8.56. The zero-order valence-electron chi connectivity index (χ0n) is 14.4. The number of sulfone groups is 1. The van der Waals surface area contributed by atoms with E-state index in [1.165, 1.54) is 23.5 Å². The van der Waals surface area contributed by atoms with Gasteiger partial charge in [0.1, 0.15) is 10.7 Å². The van der Waals surface area contributed by atoms with Gasteiger partial charge in [-0.15, -0.1) is 0 Å². The van der Waals surface area contributed by atoms with Crippen LogP contribution in [0.4, 0.5) is 14.3 Å². The van der Waals surface area contributed by atoms with Crippen LogP contribution in [0.15, 0.2) is 23.1 Å². The molecule has 0 radical (unpaired) electrons. The van der Waals surface area contributed by atoms with Crippen molar-refractivity contribution >= 4 is 32.3 Å². The van der Waals surface area contributed by atoms with Gasteiger partial charge in [0.2, 0.25) is 0 Å². The first-order chi connectivity index (χ1) is 12.2. The molecule has 7 nitrogen and oxygen atoms in total. The minimum Gasteiger partial charge on any atom is -0.396 e. The number of aliphatic hydroxyl groups is 1. The lowest BCUT2D eigenvalue weighted by atomic mass is 10.1. The van der Waals surface area contributed by atoms with Crippen molar-refractivity contribution in [3.05, 3.63) is 29.7 Å². The third-order valence-corrected chi connectivity index (χ3v) is 5.73. The molecule has 0 saturated carbocycles. The summed E-state index contributed by atoms with van der Waals surface area (Å²) in [5.41, 5.74) is 1.08. The summed E-state index contributed by atoms with van der Waals surface area (Å²) in [6.45, 7) is 2.23. The van der Waals surface area contributed by atoms with Gasteiger partial charge in [-0.2, -0.15) is 0 Å². The summed E-state index contributed by atoms with van der Waals surface area (Å²) in [5.74, 6) is -0.825. The van der Waals surface area contributed by atoms with E-state index in [0.717, 1.165) is 12.3 Å². The topological polar surface area (TPSA) is 108 Å². The molecule has 0 spiro atoms. The Morgan fingerprint density at radius 1 is 1.35 bits per heavy atom. The highest BCUT2D eigenvalue weighted by molar-refractivity contribution is 7.90. The number of anilines is 1. The largest absolute Gasteiger partial charge is 0.396 e. The van der Waals surface area contributed by atoms with Crippen molar-refractivity contribution < 1.29 is 22.7 Å². The van der Waals surface area contributed by atoms with Crippen LogP contribution in [0.2, 0.25) is 0 Å². The number of rotatable bonds is 7. The van der Waals surface area contributed by atoms with E-state index in [2.05, 4.69) is 15.6 Å². The Balaban J connectivity index is 2.13. The number of nitrogens with zero attached hydrogens (tertiary/aromatic N) is 1. The SMILES string of the molecule is Cc1nc(NC(=O)NCCCCO)sc1-c1ccc(S(C)(=O)=O)c(F)c1. The maximum Gasteiger partial charge on any atom is 0.321 e. The summed E-state index contributed by atoms with van der Waals surface area (Å²) in [6.07, 6.45) is 2.22. The summed E-state index contributed by atoms with van der Waals surface area (Å²) in [4.78, 5) is 16.3. The number of aryl methyl sites for hydroxylation is 1. The van der Waals surface area contributed by atoms with E-state index in [-0.39, 0.29) is 11.5 Å². The van der Waals surface area contributed by atoms with E-state index in [4.69, 9.17) is 5.11 Å². The molecule has 0 bridgehead atoms. The number of unbranched alkanes of at least 4 members (excludes halogenated alkanes) is 1. The average molecular weight is 401 g/mol. The van der Waals surface area contributed by atoms with Crippen molar-refractivity contribution in [3.63, 3.8) is 0 Å². The van der Waals surface area contributed by atoms with Gasteiger partial charge in [0.25, 0.3) is 0 Å². The monoisotopic (exact) mass is 401 g/mol. The van der Waals surface area contributed by atoms with Crippen LogP contribution in [0.5, 0.6) is 0 Å². The fraction of sp³-hybridized carbons (Fsp3) is 0.375. The van der Waals surface area contributed by atoms with Gasteiger partial charge in [-0.05, 0) is 37.5 Å². The van der Waals surface area contributed by atoms with Crippen LogP contribution in [0.25, 0.3) is 10.4 Å². The van der Waals surface area contributed by atoms with Crippen LogP contribution in [-0.4, -0.2) is 43.9 Å². The van der Waals surface area contributed by atoms with E-state index < -0.39 is 21.7 Å². The first-order valence-corrected chi connectivity index (χ1v) is 10.6. The number of hydrogen-bond donors (Lipinski definition) is 3. The Kier molecular flexibility index (Phi) is 6.68. The van der Waals surface area contributed by atoms with Gasteiger partial charge >= 0.3 is 6.03 Å². The number of carbonyl (C=O) groups is 1. The van der Waals surface area contributed by atoms with Crippen molar-refractivity contribution in [2.24, 2.45) is 0 Å². The molecule has 0 unspecified atom stereocenters. The molecule has 26 heavy (non-hydrogen) atoms. The quantitative estimate of drug-likeness (QED) is 0.618. The minimum absolute atomic E-state index is 0.0764. The molecule has 2 rings (SSSR count). The highest BCUT2D eigenvalue weighted by Gasteiger charge is 2.17. The smallest absolute Gasteiger partial charge is 0.321 e. The molecule has 2 amide bonds. The third kappa shape index (κ3) is 5.23. The molecule has 1 aromatic heterocycles. The molecule has 1 aromatic carbocycles. The molecule has 0 fully saturated rings. The predicted octanol–water partition coefficient (Wildman–Crippen LogP) is 2.56. The number of aliphatic hydroxyl groups excluding tert-OH is 1. The van der Waals surface area contributed by atoms with E-state index in [1.807, 2.05) is 0 Å². The number of hydrogen-bond acceptors (Lipinski definition) is 6. The van der Waals surface area contributed by atoms with Gasteiger partial charge in [-0.25, -0.2) is 22.6 Å². The molecular weight excluding hydrogens is 381 g/mol. The number of thiazole rings is 1. The molecule has 0 aliphatic heterocycles. The number of carbonyl (C=O) groups excluding carboxylic acids is 1. The lowest BCUT2D eigenvalue weighted by Crippen LogP contribution is -2.29. The van der Waals surface area contributed by atoms with E-state index in [0.29, 0.717) is 40.7 Å². The average Bonchev–Trinajstić information content (AvgIpc) is 2.90. The Morgan fingerprint density at radius 3 is 2.69 bits per heavy atom. The van der Waals surface area contributed by atoms with Gasteiger partial charge in [0.15, 0.2) is 15.0 Å². The van der Waals surface area contributed by atoms with Crippen LogP contribution < -0.4 is 10.6 Å². The second-order valence-corrected chi connectivity index (χ2v) is 8.65. The molecule has 0 aliphatic rings. The minimum atomic E-state index is -3.63. The fourth-order valence-corrected chi connectivity index (χ4v) is 3.93. The van der Waals surface area contributed by atoms with Gasteiger partial charge in [-0.3, -0.25) is 5.32 Å². The Hall–Kier alpha value is -2.04. The van der Waals surface area contributed by atoms with Gasteiger partial charge in [0, 0.05) is 19.4 Å². The maximum absolute atomic E-state index is 14.1. The number of amides is 2. The standard InChI is InChI=1S/C16H20FN3O4S2/c1-10-14(11-5-6-13(12(17)9-11)26(2,23)24)25-16(19-10)20-15(22)18-7-3-4-8-21/h5-6,9,21H,3-4,7-8H2,1-2H3,(H2,18,19,20,22). The molecule has 1 heterocycles. The van der Waals surface area contributed by atoms with E-state index >= 15 is 0 Å². The lowest BCUT2D eigenvalue weighted by Gasteiger charge is -2.04. The van der Waals surface area contributed by atoms with Gasteiger partial charge in [-0.1, -0.05) is 17.4 Å². The van der Waals surface area contributed by atoms with Crippen molar-refractivity contribution in [2.75, 3.05) is 24.7 Å². The first kappa shape index (κ1) is 20.3. The molecule has 0 aliphatic carbocycles. The first-order valence-electron chi connectivity index (χ1n) is 7.85. The molecule has 2 aromatic rings. The van der Waals surface area contributed by atoms with E-state index in [1.54, 1.807) is 6.92 Å². The second-order valence-electron chi connectivity index (χ2n) is 5.66. The van der Waals surface area contributed by atoms with Crippen molar-refractivity contribution in [1.29, 1.82) is 0 Å². The normalized spacial score (nSPS) is 11.4. The zero-order chi connectivity index (χ0) is 19.3. The Bertz CT molecular complexity index is 897. The molecule has 0 atom stereocenters. The van der Waals surface area contributed by atoms with Crippen LogP contribution in [-0.2, 0) is 9.84 Å². The number of halogens is 1. The van der Waals surface area contributed by atoms with Crippen LogP contribution in [0.3, 0.4) is 0 Å². The highest BCUT2D eigenvalue weighted by atomic mass is 32.2. The van der Waals surface area contributed by atoms with Crippen molar-refractivity contribution in [1.82, 2.24) is 10.3 Å². The predicted molar refractivity (Wildman–Crippen MR) is 98.7 cm³/mol.